The molecule has 1 fully saturated rings. The number of nitrogens with zero attached hydrogens (tertiary/aromatic N) is 3. The minimum absolute atomic E-state index is 0.128. The fourth-order valence-corrected chi connectivity index (χ4v) is 6.05. The second-order valence-electron chi connectivity index (χ2n) is 9.25. The van der Waals surface area contributed by atoms with E-state index < -0.39 is 10.0 Å². The zero-order valence-electron chi connectivity index (χ0n) is 20.4. The predicted molar refractivity (Wildman–Crippen MR) is 141 cm³/mol. The van der Waals surface area contributed by atoms with Crippen molar-refractivity contribution >= 4 is 33.1 Å². The number of furan rings is 1. The summed E-state index contributed by atoms with van der Waals surface area (Å²) in [4.78, 5) is 15.4. The molecule has 1 aliphatic heterocycles. The van der Waals surface area contributed by atoms with Gasteiger partial charge in [-0.2, -0.15) is 4.31 Å². The normalized spacial score (nSPS) is 17.3. The molecule has 1 aliphatic rings. The van der Waals surface area contributed by atoms with Gasteiger partial charge in [0.25, 0.3) is 5.91 Å². The average Bonchev–Trinajstić information content (AvgIpc) is 3.47. The largest absolute Gasteiger partial charge is 0.448 e. The lowest BCUT2D eigenvalue weighted by molar-refractivity contribution is 0.0633. The number of hydrogen-bond donors (Lipinski definition) is 0. The first-order valence-corrected chi connectivity index (χ1v) is 13.5. The number of aromatic nitrogens is 1. The zero-order chi connectivity index (χ0) is 25.3. The Morgan fingerprint density at radius 3 is 2.53 bits per heavy atom. The Balaban J connectivity index is 1.34. The van der Waals surface area contributed by atoms with E-state index in [4.69, 9.17) is 4.42 Å². The fourth-order valence-electron chi connectivity index (χ4n) is 4.66. The third kappa shape index (κ3) is 4.87. The van der Waals surface area contributed by atoms with Crippen molar-refractivity contribution in [3.63, 3.8) is 0 Å². The van der Waals surface area contributed by atoms with Gasteiger partial charge in [-0.05, 0) is 43.2 Å². The molecule has 0 spiro atoms. The van der Waals surface area contributed by atoms with Crippen molar-refractivity contribution in [2.24, 2.45) is 0 Å². The van der Waals surface area contributed by atoms with Crippen LogP contribution in [0.15, 0.2) is 82.8 Å². The van der Waals surface area contributed by atoms with Gasteiger partial charge in [-0.25, -0.2) is 8.42 Å². The quantitative estimate of drug-likeness (QED) is 0.381. The van der Waals surface area contributed by atoms with Crippen LogP contribution in [0.1, 0.15) is 34.1 Å². The molecule has 0 N–H and O–H groups in total. The second-order valence-corrected chi connectivity index (χ2v) is 11.0. The van der Waals surface area contributed by atoms with Crippen LogP contribution in [0, 0.1) is 6.92 Å². The van der Waals surface area contributed by atoms with Gasteiger partial charge in [0.15, 0.2) is 0 Å². The highest BCUT2D eigenvalue weighted by Gasteiger charge is 2.34. The summed E-state index contributed by atoms with van der Waals surface area (Å²) in [5.41, 5.74) is 4.25. The van der Waals surface area contributed by atoms with Crippen LogP contribution in [0.5, 0.6) is 0 Å². The Labute approximate surface area is 211 Å². The molecule has 1 saturated heterocycles. The van der Waals surface area contributed by atoms with Crippen molar-refractivity contribution in [2.45, 2.75) is 26.4 Å². The molecular weight excluding hydrogens is 474 g/mol. The van der Waals surface area contributed by atoms with Crippen LogP contribution in [0.2, 0.25) is 0 Å². The van der Waals surface area contributed by atoms with Crippen LogP contribution in [-0.4, -0.2) is 53.8 Å². The van der Waals surface area contributed by atoms with Gasteiger partial charge in [-0.1, -0.05) is 60.2 Å². The van der Waals surface area contributed by atoms with Gasteiger partial charge in [0, 0.05) is 36.5 Å². The van der Waals surface area contributed by atoms with Crippen molar-refractivity contribution in [3.05, 3.63) is 101 Å². The smallest absolute Gasteiger partial charge is 0.270 e. The van der Waals surface area contributed by atoms with E-state index in [0.717, 1.165) is 16.5 Å². The predicted octanol–water partition coefficient (Wildman–Crippen LogP) is 4.74. The topological polar surface area (TPSA) is 75.8 Å². The minimum atomic E-state index is -3.61. The van der Waals surface area contributed by atoms with E-state index in [2.05, 4.69) is 0 Å². The zero-order valence-corrected chi connectivity index (χ0v) is 21.2. The summed E-state index contributed by atoms with van der Waals surface area (Å²) in [5.74, 6) is -0.128. The molecule has 2 aromatic heterocycles. The third-order valence-electron chi connectivity index (χ3n) is 6.60. The van der Waals surface area contributed by atoms with Gasteiger partial charge in [0.1, 0.15) is 5.69 Å². The van der Waals surface area contributed by atoms with Crippen LogP contribution in [-0.2, 0) is 16.6 Å². The van der Waals surface area contributed by atoms with Gasteiger partial charge in [-0.15, -0.1) is 0 Å². The van der Waals surface area contributed by atoms with E-state index in [-0.39, 0.29) is 18.5 Å². The lowest BCUT2D eigenvalue weighted by Crippen LogP contribution is -2.55. The summed E-state index contributed by atoms with van der Waals surface area (Å²) < 4.78 is 35.1. The first-order chi connectivity index (χ1) is 17.3. The highest BCUT2D eigenvalue weighted by atomic mass is 32.2. The number of benzene rings is 2. The fraction of sp³-hybridized carbons (Fsp3) is 0.250. The van der Waals surface area contributed by atoms with Crippen LogP contribution in [0.25, 0.3) is 17.2 Å². The molecule has 0 radical (unpaired) electrons. The lowest BCUT2D eigenvalue weighted by atomic mass is 10.1. The molecule has 8 heteroatoms. The summed E-state index contributed by atoms with van der Waals surface area (Å²) in [6.07, 6.45) is 3.23. The van der Waals surface area contributed by atoms with Crippen LogP contribution < -0.4 is 0 Å². The SMILES string of the molecule is Cc1ccc(Cn2c(C(=O)N3CCN(S(=O)(=O)/C=C/c4ccccc4)[C@H](C)C3)cc3ccoc32)cc1. The average molecular weight is 504 g/mol. The van der Waals surface area contributed by atoms with Crippen molar-refractivity contribution in [3.8, 4) is 0 Å². The Morgan fingerprint density at radius 2 is 1.81 bits per heavy atom. The number of piperazine rings is 1. The minimum Gasteiger partial charge on any atom is -0.448 e. The molecule has 7 nitrogen and oxygen atoms in total. The maximum Gasteiger partial charge on any atom is 0.270 e. The third-order valence-corrected chi connectivity index (χ3v) is 8.27. The first-order valence-electron chi connectivity index (χ1n) is 12.0. The van der Waals surface area contributed by atoms with Crippen molar-refractivity contribution in [2.75, 3.05) is 19.6 Å². The van der Waals surface area contributed by atoms with E-state index in [0.29, 0.717) is 31.0 Å². The summed E-state index contributed by atoms with van der Waals surface area (Å²) in [6.45, 7) is 5.25. The molecule has 0 bridgehead atoms. The Bertz CT molecular complexity index is 1500. The van der Waals surface area contributed by atoms with E-state index in [1.54, 1.807) is 17.2 Å². The Hall–Kier alpha value is -3.62. The molecule has 1 amide bonds. The molecule has 186 valence electrons. The lowest BCUT2D eigenvalue weighted by Gasteiger charge is -2.38. The van der Waals surface area contributed by atoms with Crippen LogP contribution >= 0.6 is 0 Å². The number of carbonyl (C=O) groups is 1. The Morgan fingerprint density at radius 1 is 1.06 bits per heavy atom. The molecule has 1 atom stereocenters. The summed E-state index contributed by atoms with van der Waals surface area (Å²) in [5, 5.41) is 2.11. The van der Waals surface area contributed by atoms with E-state index >= 15 is 0 Å². The van der Waals surface area contributed by atoms with Crippen LogP contribution in [0.3, 0.4) is 0 Å². The maximum absolute atomic E-state index is 13.6. The summed E-state index contributed by atoms with van der Waals surface area (Å²) in [6, 6.07) is 20.9. The molecule has 4 aromatic rings. The van der Waals surface area contributed by atoms with Crippen molar-refractivity contribution in [1.82, 2.24) is 13.8 Å². The van der Waals surface area contributed by atoms with Gasteiger partial charge in [0.2, 0.25) is 15.7 Å². The number of aryl methyl sites for hydroxylation is 1. The van der Waals surface area contributed by atoms with E-state index in [1.807, 2.05) is 85.1 Å². The number of amides is 1. The molecule has 0 unspecified atom stereocenters. The number of fused-ring (bicyclic) bond motifs is 1. The van der Waals surface area contributed by atoms with E-state index in [9.17, 15) is 13.2 Å². The summed E-state index contributed by atoms with van der Waals surface area (Å²) in [7, 11) is -3.61. The monoisotopic (exact) mass is 503 g/mol. The molecule has 0 aliphatic carbocycles. The van der Waals surface area contributed by atoms with Crippen molar-refractivity contribution in [1.29, 1.82) is 0 Å². The van der Waals surface area contributed by atoms with Gasteiger partial charge in [-0.3, -0.25) is 4.79 Å². The molecular formula is C28H29N3O4S. The molecule has 36 heavy (non-hydrogen) atoms. The number of sulfonamides is 1. The standard InChI is InChI=1S/C28H29N3O4S/c1-21-8-10-24(11-9-21)20-30-26(18-25-12-16-35-28(25)30)27(32)29-14-15-31(22(2)19-29)36(33,34)17-13-23-6-4-3-5-7-23/h3-13,16-18,22H,14-15,19-20H2,1-2H3/b17-13+/t22-/m1/s1. The Kier molecular flexibility index (Phi) is 6.55. The van der Waals surface area contributed by atoms with Gasteiger partial charge < -0.3 is 13.9 Å². The molecule has 0 saturated carbocycles. The van der Waals surface area contributed by atoms with Crippen molar-refractivity contribution < 1.29 is 17.6 Å². The first kappa shape index (κ1) is 24.1. The van der Waals surface area contributed by atoms with Crippen LogP contribution in [0.4, 0.5) is 0 Å². The van der Waals surface area contributed by atoms with Gasteiger partial charge in [0.05, 0.1) is 12.8 Å². The molecule has 5 rings (SSSR count). The number of hydrogen-bond acceptors (Lipinski definition) is 4. The highest BCUT2D eigenvalue weighted by molar-refractivity contribution is 7.92. The maximum atomic E-state index is 13.6. The molecule has 3 heterocycles. The second kappa shape index (κ2) is 9.79. The molecule has 2 aromatic carbocycles. The number of rotatable bonds is 6. The summed E-state index contributed by atoms with van der Waals surface area (Å²) >= 11 is 0. The number of carbonyl (C=O) groups excluding carboxylic acids is 1. The highest BCUT2D eigenvalue weighted by Crippen LogP contribution is 2.25. The van der Waals surface area contributed by atoms with E-state index in [1.165, 1.54) is 15.3 Å². The van der Waals surface area contributed by atoms with Gasteiger partial charge >= 0.3 is 0 Å².